The Kier molecular flexibility index (Phi) is 9.25. The highest BCUT2D eigenvalue weighted by Gasteiger charge is 2.19. The van der Waals surface area contributed by atoms with Gasteiger partial charge < -0.3 is 19.5 Å². The molecule has 1 aliphatic heterocycles. The number of piperazine rings is 1. The fraction of sp³-hybridized carbons (Fsp3) is 0.636. The van der Waals surface area contributed by atoms with E-state index in [1.165, 1.54) is 0 Å². The maximum absolute atomic E-state index is 10.4. The minimum Gasteiger partial charge on any atom is -0.493 e. The topological polar surface area (TPSA) is 48.4 Å². The summed E-state index contributed by atoms with van der Waals surface area (Å²) in [5.74, 6) is 1.37. The molecule has 0 saturated carbocycles. The summed E-state index contributed by atoms with van der Waals surface area (Å²) in [5, 5.41) is 10.4. The van der Waals surface area contributed by atoms with Crippen LogP contribution in [0.25, 0.3) is 0 Å². The summed E-state index contributed by atoms with van der Waals surface area (Å²) in [6, 6.07) is 5.97. The first-order valence-electron chi connectivity index (χ1n) is 10.2. The molecule has 6 heteroatoms. The Bertz CT molecular complexity index is 615. The van der Waals surface area contributed by atoms with E-state index in [0.29, 0.717) is 18.0 Å². The fourth-order valence-corrected chi connectivity index (χ4v) is 3.58. The first-order valence-corrected chi connectivity index (χ1v) is 10.2. The summed E-state index contributed by atoms with van der Waals surface area (Å²) in [4.78, 5) is 6.94. The molecule has 0 bridgehead atoms. The Morgan fingerprint density at radius 3 is 2.50 bits per heavy atom. The van der Waals surface area contributed by atoms with Crippen LogP contribution in [0.15, 0.2) is 30.4 Å². The summed E-state index contributed by atoms with van der Waals surface area (Å²) in [7, 11) is 3.72. The number of hydrogen-bond acceptors (Lipinski definition) is 6. The summed E-state index contributed by atoms with van der Waals surface area (Å²) in [6.45, 7) is 16.0. The quantitative estimate of drug-likeness (QED) is 0.583. The predicted molar refractivity (Wildman–Crippen MR) is 114 cm³/mol. The molecule has 6 nitrogen and oxygen atoms in total. The summed E-state index contributed by atoms with van der Waals surface area (Å²) >= 11 is 0. The molecule has 1 aromatic carbocycles. The Morgan fingerprint density at radius 1 is 1.21 bits per heavy atom. The van der Waals surface area contributed by atoms with E-state index in [9.17, 15) is 5.11 Å². The minimum atomic E-state index is -0.515. The van der Waals surface area contributed by atoms with Crippen LogP contribution in [0.5, 0.6) is 11.5 Å². The molecule has 2 rings (SSSR count). The highest BCUT2D eigenvalue weighted by Crippen LogP contribution is 2.28. The monoisotopic (exact) mass is 391 g/mol. The van der Waals surface area contributed by atoms with Crippen LogP contribution in [-0.4, -0.2) is 92.5 Å². The van der Waals surface area contributed by atoms with Crippen molar-refractivity contribution in [3.05, 3.63) is 35.9 Å². The number of benzene rings is 1. The molecule has 1 unspecified atom stereocenters. The van der Waals surface area contributed by atoms with E-state index in [1.54, 1.807) is 7.11 Å². The van der Waals surface area contributed by atoms with Gasteiger partial charge in [0.25, 0.3) is 0 Å². The van der Waals surface area contributed by atoms with Crippen LogP contribution in [0.4, 0.5) is 0 Å². The first-order chi connectivity index (χ1) is 13.4. The van der Waals surface area contributed by atoms with Crippen molar-refractivity contribution < 1.29 is 14.6 Å². The SMILES string of the molecule is C=C(C)CN(C)Cc1ccc(OCC(O)CN2CCN(CC)CC2)c(OC)c1. The Labute approximate surface area is 170 Å². The molecular formula is C22H37N3O3. The van der Waals surface area contributed by atoms with E-state index in [2.05, 4.69) is 35.3 Å². The molecule has 0 spiro atoms. The minimum absolute atomic E-state index is 0.263. The van der Waals surface area contributed by atoms with Crippen LogP contribution < -0.4 is 9.47 Å². The lowest BCUT2D eigenvalue weighted by Gasteiger charge is -2.34. The maximum Gasteiger partial charge on any atom is 0.161 e. The van der Waals surface area contributed by atoms with Crippen molar-refractivity contribution in [1.82, 2.24) is 14.7 Å². The Morgan fingerprint density at radius 2 is 1.89 bits per heavy atom. The smallest absolute Gasteiger partial charge is 0.161 e. The lowest BCUT2D eigenvalue weighted by molar-refractivity contribution is 0.0464. The van der Waals surface area contributed by atoms with Gasteiger partial charge in [0, 0.05) is 45.8 Å². The van der Waals surface area contributed by atoms with Crippen LogP contribution >= 0.6 is 0 Å². The third kappa shape index (κ3) is 7.43. The lowest BCUT2D eigenvalue weighted by Crippen LogP contribution is -2.49. The van der Waals surface area contributed by atoms with Crippen molar-refractivity contribution >= 4 is 0 Å². The second kappa shape index (κ2) is 11.4. The number of aliphatic hydroxyl groups is 1. The van der Waals surface area contributed by atoms with Crippen molar-refractivity contribution in [1.29, 1.82) is 0 Å². The van der Waals surface area contributed by atoms with Gasteiger partial charge in [0.15, 0.2) is 11.5 Å². The number of hydrogen-bond donors (Lipinski definition) is 1. The molecule has 0 aromatic heterocycles. The zero-order valence-corrected chi connectivity index (χ0v) is 18.0. The first kappa shape index (κ1) is 22.7. The largest absolute Gasteiger partial charge is 0.493 e. The van der Waals surface area contributed by atoms with Crippen molar-refractivity contribution in [3.8, 4) is 11.5 Å². The van der Waals surface area contributed by atoms with Gasteiger partial charge in [-0.3, -0.25) is 9.80 Å². The summed E-state index contributed by atoms with van der Waals surface area (Å²) in [6.07, 6.45) is -0.515. The van der Waals surface area contributed by atoms with Crippen LogP contribution in [-0.2, 0) is 6.54 Å². The molecule has 0 amide bonds. The van der Waals surface area contributed by atoms with Crippen LogP contribution in [0.2, 0.25) is 0 Å². The third-order valence-electron chi connectivity index (χ3n) is 5.03. The predicted octanol–water partition coefficient (Wildman–Crippen LogP) is 2.08. The van der Waals surface area contributed by atoms with Crippen LogP contribution in [0.1, 0.15) is 19.4 Å². The molecule has 1 atom stereocenters. The van der Waals surface area contributed by atoms with Crippen molar-refractivity contribution in [3.63, 3.8) is 0 Å². The lowest BCUT2D eigenvalue weighted by atomic mass is 10.2. The zero-order valence-electron chi connectivity index (χ0n) is 18.0. The number of rotatable bonds is 11. The Hall–Kier alpha value is -1.60. The number of methoxy groups -OCH3 is 1. The van der Waals surface area contributed by atoms with Gasteiger partial charge in [-0.15, -0.1) is 0 Å². The molecule has 1 saturated heterocycles. The normalized spacial score (nSPS) is 16.9. The van der Waals surface area contributed by atoms with E-state index < -0.39 is 6.10 Å². The molecule has 28 heavy (non-hydrogen) atoms. The van der Waals surface area contributed by atoms with Gasteiger partial charge in [-0.25, -0.2) is 0 Å². The molecule has 1 fully saturated rings. The van der Waals surface area contributed by atoms with Gasteiger partial charge in [-0.1, -0.05) is 25.1 Å². The van der Waals surface area contributed by atoms with Gasteiger partial charge in [-0.2, -0.15) is 0 Å². The number of β-amino-alcohol motifs (C(OH)–C–C–N with tert-alkyl or cyclic N) is 1. The molecule has 158 valence electrons. The van der Waals surface area contributed by atoms with E-state index in [1.807, 2.05) is 25.1 Å². The van der Waals surface area contributed by atoms with E-state index >= 15 is 0 Å². The van der Waals surface area contributed by atoms with Gasteiger partial charge in [0.05, 0.1) is 7.11 Å². The molecule has 1 aromatic rings. The van der Waals surface area contributed by atoms with Crippen LogP contribution in [0.3, 0.4) is 0 Å². The van der Waals surface area contributed by atoms with Gasteiger partial charge in [0.1, 0.15) is 12.7 Å². The molecule has 1 aliphatic rings. The molecular weight excluding hydrogens is 354 g/mol. The van der Waals surface area contributed by atoms with E-state index in [-0.39, 0.29) is 6.61 Å². The van der Waals surface area contributed by atoms with Gasteiger partial charge in [-0.05, 0) is 38.2 Å². The Balaban J connectivity index is 1.83. The number of nitrogens with zero attached hydrogens (tertiary/aromatic N) is 3. The van der Waals surface area contributed by atoms with E-state index in [4.69, 9.17) is 9.47 Å². The van der Waals surface area contributed by atoms with Crippen molar-refractivity contribution in [2.24, 2.45) is 0 Å². The van der Waals surface area contributed by atoms with Gasteiger partial charge in [0.2, 0.25) is 0 Å². The number of ether oxygens (including phenoxy) is 2. The third-order valence-corrected chi connectivity index (χ3v) is 5.03. The molecule has 1 heterocycles. The summed E-state index contributed by atoms with van der Waals surface area (Å²) in [5.41, 5.74) is 2.29. The number of likely N-dealkylation sites (N-methyl/N-ethyl adjacent to an activating group) is 2. The second-order valence-electron chi connectivity index (χ2n) is 7.81. The average molecular weight is 392 g/mol. The molecule has 0 aliphatic carbocycles. The second-order valence-corrected chi connectivity index (χ2v) is 7.81. The van der Waals surface area contributed by atoms with Gasteiger partial charge >= 0.3 is 0 Å². The fourth-order valence-electron chi connectivity index (χ4n) is 3.58. The highest BCUT2D eigenvalue weighted by molar-refractivity contribution is 5.43. The van der Waals surface area contributed by atoms with E-state index in [0.717, 1.165) is 56.9 Å². The zero-order chi connectivity index (χ0) is 20.5. The number of aliphatic hydroxyl groups excluding tert-OH is 1. The summed E-state index contributed by atoms with van der Waals surface area (Å²) < 4.78 is 11.4. The van der Waals surface area contributed by atoms with Crippen molar-refractivity contribution in [2.45, 2.75) is 26.5 Å². The van der Waals surface area contributed by atoms with Crippen LogP contribution in [0, 0.1) is 0 Å². The highest BCUT2D eigenvalue weighted by atomic mass is 16.5. The molecule has 0 radical (unpaired) electrons. The average Bonchev–Trinajstić information content (AvgIpc) is 2.66. The standard InChI is InChI=1S/C22H37N3O3/c1-6-24-9-11-25(12-10-24)16-20(26)17-28-21-8-7-19(13-22(21)27-5)15-23(4)14-18(2)3/h7-8,13,20,26H,2,6,9-12,14-17H2,1,3-5H3. The maximum atomic E-state index is 10.4. The molecule has 1 N–H and O–H groups in total. The van der Waals surface area contributed by atoms with Crippen molar-refractivity contribution in [2.75, 3.05) is 66.6 Å².